The fourth-order valence-corrected chi connectivity index (χ4v) is 2.44. The van der Waals surface area contributed by atoms with E-state index in [-0.39, 0.29) is 12.5 Å². The molecule has 132 valence electrons. The maximum atomic E-state index is 12.1. The topological polar surface area (TPSA) is 100 Å². The first-order valence-electron chi connectivity index (χ1n) is 7.94. The molecule has 9 nitrogen and oxygen atoms in total. The maximum absolute atomic E-state index is 12.1. The Hall–Kier alpha value is -3.62. The minimum Gasteiger partial charge on any atom is -0.486 e. The van der Waals surface area contributed by atoms with Crippen molar-refractivity contribution < 1.29 is 19.0 Å². The van der Waals surface area contributed by atoms with Crippen LogP contribution in [0.25, 0.3) is 5.69 Å². The molecule has 0 atom stereocenters. The van der Waals surface area contributed by atoms with Gasteiger partial charge in [-0.15, -0.1) is 5.10 Å². The summed E-state index contributed by atoms with van der Waals surface area (Å²) in [6, 6.07) is 12.3. The van der Waals surface area contributed by atoms with E-state index in [9.17, 15) is 4.79 Å². The van der Waals surface area contributed by atoms with Crippen LogP contribution in [0, 0.1) is 0 Å². The zero-order valence-corrected chi connectivity index (χ0v) is 13.7. The van der Waals surface area contributed by atoms with Gasteiger partial charge in [0.05, 0.1) is 5.69 Å². The van der Waals surface area contributed by atoms with Gasteiger partial charge in [0.15, 0.2) is 18.1 Å². The molecule has 26 heavy (non-hydrogen) atoms. The molecule has 1 amide bonds. The number of ether oxygens (including phenoxy) is 3. The lowest BCUT2D eigenvalue weighted by molar-refractivity contribution is -0.118. The number of nitrogens with one attached hydrogen (secondary N) is 1. The second-order valence-electron chi connectivity index (χ2n) is 5.44. The third kappa shape index (κ3) is 3.56. The van der Waals surface area contributed by atoms with Gasteiger partial charge in [-0.25, -0.2) is 4.68 Å². The number of carbonyl (C=O) groups is 1. The number of rotatable bonds is 5. The molecule has 0 saturated carbocycles. The molecule has 1 aliphatic heterocycles. The second kappa shape index (κ2) is 7.09. The van der Waals surface area contributed by atoms with Gasteiger partial charge in [-0.3, -0.25) is 4.79 Å². The van der Waals surface area contributed by atoms with Gasteiger partial charge in [0, 0.05) is 11.8 Å². The molecule has 3 aromatic rings. The molecule has 0 unspecified atom stereocenters. The highest BCUT2D eigenvalue weighted by atomic mass is 16.6. The van der Waals surface area contributed by atoms with Crippen LogP contribution in [0.4, 0.5) is 5.69 Å². The lowest BCUT2D eigenvalue weighted by Crippen LogP contribution is -2.20. The van der Waals surface area contributed by atoms with Crippen LogP contribution in [0.15, 0.2) is 48.8 Å². The number of anilines is 1. The number of carbonyl (C=O) groups excluding carboxylic acids is 1. The SMILES string of the molecule is O=C(COc1ccc(-n2cnnn2)cc1)Nc1ccc2c(c1)OCCO2. The summed E-state index contributed by atoms with van der Waals surface area (Å²) in [6.07, 6.45) is 1.50. The number of amides is 1. The first kappa shape index (κ1) is 15.9. The highest BCUT2D eigenvalue weighted by Crippen LogP contribution is 2.32. The Balaban J connectivity index is 1.32. The van der Waals surface area contributed by atoms with Crippen LogP contribution in [0.5, 0.6) is 17.2 Å². The summed E-state index contributed by atoms with van der Waals surface area (Å²) in [6.45, 7) is 0.908. The molecule has 0 saturated heterocycles. The number of hydrogen-bond acceptors (Lipinski definition) is 7. The standard InChI is InChI=1S/C17H15N5O4/c23-17(19-12-1-6-15-16(9-12)25-8-7-24-15)10-26-14-4-2-13(3-5-14)22-11-18-20-21-22/h1-6,9,11H,7-8,10H2,(H,19,23). The summed E-state index contributed by atoms with van der Waals surface area (Å²) in [5.74, 6) is 1.59. The Morgan fingerprint density at radius 3 is 2.69 bits per heavy atom. The van der Waals surface area contributed by atoms with Crippen molar-refractivity contribution in [3.63, 3.8) is 0 Å². The maximum Gasteiger partial charge on any atom is 0.262 e. The summed E-state index contributed by atoms with van der Waals surface area (Å²) >= 11 is 0. The summed E-state index contributed by atoms with van der Waals surface area (Å²) < 4.78 is 18.0. The van der Waals surface area contributed by atoms with Crippen LogP contribution in [0.1, 0.15) is 0 Å². The molecule has 1 N–H and O–H groups in total. The fourth-order valence-electron chi connectivity index (χ4n) is 2.44. The number of nitrogens with zero attached hydrogens (tertiary/aromatic N) is 4. The summed E-state index contributed by atoms with van der Waals surface area (Å²) in [4.78, 5) is 12.1. The van der Waals surface area contributed by atoms with Crippen molar-refractivity contribution in [3.05, 3.63) is 48.8 Å². The van der Waals surface area contributed by atoms with E-state index < -0.39 is 0 Å². The molecule has 0 fully saturated rings. The fraction of sp³-hybridized carbons (Fsp3) is 0.176. The van der Waals surface area contributed by atoms with E-state index in [1.807, 2.05) is 0 Å². The van der Waals surface area contributed by atoms with Gasteiger partial charge < -0.3 is 19.5 Å². The lowest BCUT2D eigenvalue weighted by atomic mass is 10.2. The Kier molecular flexibility index (Phi) is 4.33. The van der Waals surface area contributed by atoms with Gasteiger partial charge in [0.1, 0.15) is 25.3 Å². The van der Waals surface area contributed by atoms with Crippen molar-refractivity contribution in [1.82, 2.24) is 20.2 Å². The molecular formula is C17H15N5O4. The quantitative estimate of drug-likeness (QED) is 0.741. The number of hydrogen-bond donors (Lipinski definition) is 1. The molecular weight excluding hydrogens is 338 g/mol. The molecule has 1 aromatic heterocycles. The largest absolute Gasteiger partial charge is 0.486 e. The highest BCUT2D eigenvalue weighted by molar-refractivity contribution is 5.92. The molecule has 0 radical (unpaired) electrons. The van der Waals surface area contributed by atoms with Crippen LogP contribution in [0.3, 0.4) is 0 Å². The van der Waals surface area contributed by atoms with Crippen molar-refractivity contribution >= 4 is 11.6 Å². The van der Waals surface area contributed by atoms with Crippen LogP contribution in [-0.4, -0.2) is 45.9 Å². The molecule has 1 aliphatic rings. The number of benzene rings is 2. The lowest BCUT2D eigenvalue weighted by Gasteiger charge is -2.19. The van der Waals surface area contributed by atoms with Crippen molar-refractivity contribution in [2.24, 2.45) is 0 Å². The normalized spacial score (nSPS) is 12.5. The monoisotopic (exact) mass is 353 g/mol. The first-order chi connectivity index (χ1) is 12.8. The van der Waals surface area contributed by atoms with E-state index in [0.29, 0.717) is 36.1 Å². The summed E-state index contributed by atoms with van der Waals surface area (Å²) in [5, 5.41) is 13.7. The van der Waals surface area contributed by atoms with Crippen LogP contribution >= 0.6 is 0 Å². The minimum atomic E-state index is -0.272. The van der Waals surface area contributed by atoms with Gasteiger partial charge in [-0.05, 0) is 46.8 Å². The van der Waals surface area contributed by atoms with Crippen LogP contribution in [-0.2, 0) is 4.79 Å². The van der Waals surface area contributed by atoms with Crippen molar-refractivity contribution in [2.75, 3.05) is 25.1 Å². The van der Waals surface area contributed by atoms with Gasteiger partial charge >= 0.3 is 0 Å². The zero-order chi connectivity index (χ0) is 17.8. The number of tetrazole rings is 1. The van der Waals surface area contributed by atoms with E-state index >= 15 is 0 Å². The Morgan fingerprint density at radius 2 is 1.92 bits per heavy atom. The van der Waals surface area contributed by atoms with E-state index in [0.717, 1.165) is 5.69 Å². The van der Waals surface area contributed by atoms with E-state index in [1.165, 1.54) is 11.0 Å². The van der Waals surface area contributed by atoms with Gasteiger partial charge in [-0.2, -0.15) is 0 Å². The van der Waals surface area contributed by atoms with Crippen LogP contribution in [0.2, 0.25) is 0 Å². The third-order valence-electron chi connectivity index (χ3n) is 3.65. The van der Waals surface area contributed by atoms with E-state index in [2.05, 4.69) is 20.8 Å². The Bertz CT molecular complexity index is 896. The predicted molar refractivity (Wildman–Crippen MR) is 90.7 cm³/mol. The van der Waals surface area contributed by atoms with Crippen molar-refractivity contribution in [3.8, 4) is 22.9 Å². The second-order valence-corrected chi connectivity index (χ2v) is 5.44. The van der Waals surface area contributed by atoms with Gasteiger partial charge in [0.2, 0.25) is 0 Å². The first-order valence-corrected chi connectivity index (χ1v) is 7.94. The predicted octanol–water partition coefficient (Wildman–Crippen LogP) is 1.45. The molecule has 0 spiro atoms. The molecule has 9 heteroatoms. The Labute approximate surface area is 148 Å². The number of aromatic nitrogens is 4. The van der Waals surface area contributed by atoms with Crippen molar-refractivity contribution in [2.45, 2.75) is 0 Å². The molecule has 0 bridgehead atoms. The van der Waals surface area contributed by atoms with Crippen LogP contribution < -0.4 is 19.5 Å². The average molecular weight is 353 g/mol. The third-order valence-corrected chi connectivity index (χ3v) is 3.65. The van der Waals surface area contributed by atoms with E-state index in [1.54, 1.807) is 42.5 Å². The number of fused-ring (bicyclic) bond motifs is 1. The smallest absolute Gasteiger partial charge is 0.262 e. The molecule has 2 aromatic carbocycles. The van der Waals surface area contributed by atoms with Gasteiger partial charge in [0.25, 0.3) is 5.91 Å². The molecule has 0 aliphatic carbocycles. The summed E-state index contributed by atoms with van der Waals surface area (Å²) in [7, 11) is 0. The Morgan fingerprint density at radius 1 is 1.12 bits per heavy atom. The zero-order valence-electron chi connectivity index (χ0n) is 13.7. The molecule has 2 heterocycles. The molecule has 4 rings (SSSR count). The van der Waals surface area contributed by atoms with E-state index in [4.69, 9.17) is 14.2 Å². The average Bonchev–Trinajstić information content (AvgIpc) is 3.21. The summed E-state index contributed by atoms with van der Waals surface area (Å²) in [5.41, 5.74) is 1.42. The minimum absolute atomic E-state index is 0.112. The van der Waals surface area contributed by atoms with Crippen molar-refractivity contribution in [1.29, 1.82) is 0 Å². The highest BCUT2D eigenvalue weighted by Gasteiger charge is 2.13. The van der Waals surface area contributed by atoms with Gasteiger partial charge in [-0.1, -0.05) is 0 Å².